The van der Waals surface area contributed by atoms with Crippen molar-refractivity contribution < 1.29 is 0 Å². The van der Waals surface area contributed by atoms with Crippen LogP contribution in [-0.4, -0.2) is 4.98 Å². The van der Waals surface area contributed by atoms with Gasteiger partial charge in [0.2, 0.25) is 0 Å². The van der Waals surface area contributed by atoms with Gasteiger partial charge in [-0.15, -0.1) is 0 Å². The Morgan fingerprint density at radius 2 is 1.76 bits per heavy atom. The minimum absolute atomic E-state index is 0.154. The van der Waals surface area contributed by atoms with Crippen LogP contribution in [0.5, 0.6) is 0 Å². The normalized spacial score (nSPS) is 12.5. The molecule has 0 saturated heterocycles. The molecule has 4 heteroatoms. The molecule has 3 aromatic rings. The standard InChI is InChI=1S/C17H12BrCl2N/c18-14(12-6-8-15(19)16(20)9-12)10-13-7-5-11-3-1-2-4-17(11)21-13/h1-9,14H,10H2. The SMILES string of the molecule is Clc1ccc(C(Br)Cc2ccc3ccccc3n2)cc1Cl. The molecular formula is C17H12BrCl2N. The van der Waals surface area contributed by atoms with Gasteiger partial charge in [0.05, 0.1) is 15.6 Å². The van der Waals surface area contributed by atoms with Crippen LogP contribution in [0.15, 0.2) is 54.6 Å². The molecule has 0 N–H and O–H groups in total. The molecule has 0 aliphatic rings. The fourth-order valence-corrected chi connectivity index (χ4v) is 3.15. The third kappa shape index (κ3) is 3.39. The molecule has 0 radical (unpaired) electrons. The van der Waals surface area contributed by atoms with Crippen molar-refractivity contribution in [2.45, 2.75) is 11.2 Å². The van der Waals surface area contributed by atoms with Gasteiger partial charge in [-0.25, -0.2) is 0 Å². The highest BCUT2D eigenvalue weighted by atomic mass is 79.9. The third-order valence-corrected chi connectivity index (χ3v) is 4.94. The van der Waals surface area contributed by atoms with E-state index in [1.165, 1.54) is 0 Å². The zero-order valence-electron chi connectivity index (χ0n) is 11.1. The van der Waals surface area contributed by atoms with Gasteiger partial charge in [-0.05, 0) is 29.8 Å². The molecule has 0 amide bonds. The number of halogens is 3. The van der Waals surface area contributed by atoms with Crippen LogP contribution in [0.3, 0.4) is 0 Å². The number of rotatable bonds is 3. The van der Waals surface area contributed by atoms with E-state index in [9.17, 15) is 0 Å². The Morgan fingerprint density at radius 1 is 0.952 bits per heavy atom. The van der Waals surface area contributed by atoms with Gasteiger partial charge in [0.25, 0.3) is 0 Å². The number of para-hydroxylation sites is 1. The summed E-state index contributed by atoms with van der Waals surface area (Å²) in [6.45, 7) is 0. The summed E-state index contributed by atoms with van der Waals surface area (Å²) >= 11 is 15.7. The Balaban J connectivity index is 1.85. The lowest BCUT2D eigenvalue weighted by Crippen LogP contribution is -1.98. The van der Waals surface area contributed by atoms with Crippen molar-refractivity contribution in [3.8, 4) is 0 Å². The Labute approximate surface area is 142 Å². The summed E-state index contributed by atoms with van der Waals surface area (Å²) in [5.41, 5.74) is 3.16. The van der Waals surface area contributed by atoms with Gasteiger partial charge >= 0.3 is 0 Å². The fraction of sp³-hybridized carbons (Fsp3) is 0.118. The van der Waals surface area contributed by atoms with Crippen LogP contribution in [0.2, 0.25) is 10.0 Å². The first-order valence-corrected chi connectivity index (χ1v) is 8.24. The van der Waals surface area contributed by atoms with E-state index < -0.39 is 0 Å². The summed E-state index contributed by atoms with van der Waals surface area (Å²) in [7, 11) is 0. The molecule has 1 aromatic heterocycles. The molecule has 0 aliphatic carbocycles. The molecule has 1 unspecified atom stereocenters. The minimum Gasteiger partial charge on any atom is -0.253 e. The first kappa shape index (κ1) is 14.8. The fourth-order valence-electron chi connectivity index (χ4n) is 2.23. The quantitative estimate of drug-likeness (QED) is 0.491. The molecule has 3 rings (SSSR count). The van der Waals surface area contributed by atoms with Crippen LogP contribution >= 0.6 is 39.1 Å². The van der Waals surface area contributed by atoms with Crippen LogP contribution in [0, 0.1) is 0 Å². The maximum absolute atomic E-state index is 6.07. The van der Waals surface area contributed by atoms with Crippen molar-refractivity contribution in [2.75, 3.05) is 0 Å². The van der Waals surface area contributed by atoms with Gasteiger partial charge in [-0.3, -0.25) is 4.98 Å². The van der Waals surface area contributed by atoms with Gasteiger partial charge < -0.3 is 0 Å². The van der Waals surface area contributed by atoms with E-state index in [1.54, 1.807) is 0 Å². The van der Waals surface area contributed by atoms with Crippen molar-refractivity contribution in [3.05, 3.63) is 75.9 Å². The lowest BCUT2D eigenvalue weighted by atomic mass is 10.1. The number of hydrogen-bond acceptors (Lipinski definition) is 1. The van der Waals surface area contributed by atoms with E-state index in [2.05, 4.69) is 34.1 Å². The number of hydrogen-bond donors (Lipinski definition) is 0. The molecular weight excluding hydrogens is 369 g/mol. The van der Waals surface area contributed by atoms with Crippen LogP contribution in [0.25, 0.3) is 10.9 Å². The number of nitrogens with zero attached hydrogens (tertiary/aromatic N) is 1. The summed E-state index contributed by atoms with van der Waals surface area (Å²) in [6, 6.07) is 18.0. The predicted molar refractivity (Wildman–Crippen MR) is 93.6 cm³/mol. The van der Waals surface area contributed by atoms with Crippen molar-refractivity contribution in [1.82, 2.24) is 4.98 Å². The zero-order valence-corrected chi connectivity index (χ0v) is 14.2. The highest BCUT2D eigenvalue weighted by Gasteiger charge is 2.11. The van der Waals surface area contributed by atoms with Gasteiger partial charge in [-0.2, -0.15) is 0 Å². The van der Waals surface area contributed by atoms with Gasteiger partial charge in [0.1, 0.15) is 0 Å². The van der Waals surface area contributed by atoms with E-state index in [-0.39, 0.29) is 4.83 Å². The molecule has 1 heterocycles. The lowest BCUT2D eigenvalue weighted by Gasteiger charge is -2.11. The van der Waals surface area contributed by atoms with E-state index >= 15 is 0 Å². The predicted octanol–water partition coefficient (Wildman–Crippen LogP) is 6.22. The summed E-state index contributed by atoms with van der Waals surface area (Å²) in [5, 5.41) is 2.30. The first-order chi connectivity index (χ1) is 10.1. The van der Waals surface area contributed by atoms with Crippen LogP contribution < -0.4 is 0 Å². The van der Waals surface area contributed by atoms with E-state index in [1.807, 2.05) is 36.4 Å². The topological polar surface area (TPSA) is 12.9 Å². The Morgan fingerprint density at radius 3 is 2.57 bits per heavy atom. The second kappa shape index (κ2) is 6.35. The van der Waals surface area contributed by atoms with Gasteiger partial charge in [0, 0.05) is 22.3 Å². The number of pyridine rings is 1. The maximum atomic E-state index is 6.07. The molecule has 1 nitrogen and oxygen atoms in total. The molecule has 0 saturated carbocycles. The van der Waals surface area contributed by atoms with Crippen molar-refractivity contribution >= 4 is 50.0 Å². The molecule has 106 valence electrons. The van der Waals surface area contributed by atoms with E-state index in [0.29, 0.717) is 10.0 Å². The maximum Gasteiger partial charge on any atom is 0.0705 e. The summed E-state index contributed by atoms with van der Waals surface area (Å²) < 4.78 is 0. The smallest absolute Gasteiger partial charge is 0.0705 e. The molecule has 0 spiro atoms. The Kier molecular flexibility index (Phi) is 4.48. The second-order valence-electron chi connectivity index (χ2n) is 4.84. The van der Waals surface area contributed by atoms with Crippen LogP contribution in [-0.2, 0) is 6.42 Å². The molecule has 0 bridgehead atoms. The number of aromatic nitrogens is 1. The summed E-state index contributed by atoms with van der Waals surface area (Å²) in [6.07, 6.45) is 0.794. The number of alkyl halides is 1. The zero-order chi connectivity index (χ0) is 14.8. The first-order valence-electron chi connectivity index (χ1n) is 6.57. The summed E-state index contributed by atoms with van der Waals surface area (Å²) in [5.74, 6) is 0. The van der Waals surface area contributed by atoms with Crippen molar-refractivity contribution in [1.29, 1.82) is 0 Å². The number of benzene rings is 2. The highest BCUT2D eigenvalue weighted by molar-refractivity contribution is 9.09. The van der Waals surface area contributed by atoms with E-state index in [4.69, 9.17) is 28.2 Å². The lowest BCUT2D eigenvalue weighted by molar-refractivity contribution is 0.913. The third-order valence-electron chi connectivity index (χ3n) is 3.35. The average molecular weight is 381 g/mol. The second-order valence-corrected chi connectivity index (χ2v) is 6.76. The van der Waals surface area contributed by atoms with Crippen molar-refractivity contribution in [2.24, 2.45) is 0 Å². The Bertz CT molecular complexity index is 789. The molecule has 0 fully saturated rings. The van der Waals surface area contributed by atoms with Gasteiger partial charge in [0.15, 0.2) is 0 Å². The van der Waals surface area contributed by atoms with Crippen molar-refractivity contribution in [3.63, 3.8) is 0 Å². The monoisotopic (exact) mass is 379 g/mol. The van der Waals surface area contributed by atoms with E-state index in [0.717, 1.165) is 28.6 Å². The molecule has 1 atom stereocenters. The van der Waals surface area contributed by atoms with Gasteiger partial charge in [-0.1, -0.05) is 69.5 Å². The molecule has 21 heavy (non-hydrogen) atoms. The summed E-state index contributed by atoms with van der Waals surface area (Å²) in [4.78, 5) is 4.85. The highest BCUT2D eigenvalue weighted by Crippen LogP contribution is 2.31. The minimum atomic E-state index is 0.154. The number of fused-ring (bicyclic) bond motifs is 1. The molecule has 2 aromatic carbocycles. The Hall–Kier alpha value is -1.09. The van der Waals surface area contributed by atoms with Crippen LogP contribution in [0.4, 0.5) is 0 Å². The van der Waals surface area contributed by atoms with Crippen LogP contribution in [0.1, 0.15) is 16.1 Å². The molecule has 0 aliphatic heterocycles. The largest absolute Gasteiger partial charge is 0.253 e. The average Bonchev–Trinajstić information content (AvgIpc) is 2.50.